The van der Waals surface area contributed by atoms with Gasteiger partial charge in [0.1, 0.15) is 18.0 Å². The molecule has 0 unspecified atom stereocenters. The summed E-state index contributed by atoms with van der Waals surface area (Å²) in [4.78, 5) is 19.3. The van der Waals surface area contributed by atoms with Gasteiger partial charge in [0.05, 0.1) is 30.0 Å². The number of nitrogens with zero attached hydrogens (tertiary/aromatic N) is 7. The maximum absolute atomic E-state index is 4.54. The van der Waals surface area contributed by atoms with E-state index in [1.807, 2.05) is 60.3 Å². The molecule has 31 heavy (non-hydrogen) atoms. The Labute approximate surface area is 185 Å². The van der Waals surface area contributed by atoms with Gasteiger partial charge < -0.3 is 10.2 Å². The first-order valence-electron chi connectivity index (χ1n) is 9.57. The van der Waals surface area contributed by atoms with E-state index in [4.69, 9.17) is 0 Å². The van der Waals surface area contributed by atoms with Crippen LogP contribution in [-0.4, -0.2) is 43.8 Å². The molecular weight excluding hydrogens is 412 g/mol. The Morgan fingerprint density at radius 1 is 1.00 bits per heavy atom. The fraction of sp³-hybridized carbons (Fsp3) is 0.136. The van der Waals surface area contributed by atoms with Crippen LogP contribution in [0.3, 0.4) is 0 Å². The first kappa shape index (κ1) is 20.5. The monoisotopic (exact) mass is 432 g/mol. The molecule has 0 saturated carbocycles. The predicted molar refractivity (Wildman–Crippen MR) is 125 cm³/mol. The van der Waals surface area contributed by atoms with Crippen LogP contribution in [0.1, 0.15) is 5.56 Å². The van der Waals surface area contributed by atoms with E-state index in [9.17, 15) is 0 Å². The lowest BCUT2D eigenvalue weighted by Gasteiger charge is -2.13. The van der Waals surface area contributed by atoms with Crippen molar-refractivity contribution in [2.45, 2.75) is 6.54 Å². The van der Waals surface area contributed by atoms with Crippen molar-refractivity contribution in [2.75, 3.05) is 24.3 Å². The van der Waals surface area contributed by atoms with E-state index in [2.05, 4.69) is 42.5 Å². The second-order valence-electron chi connectivity index (χ2n) is 7.24. The van der Waals surface area contributed by atoms with Crippen molar-refractivity contribution < 1.29 is 0 Å². The van der Waals surface area contributed by atoms with Gasteiger partial charge in [0.2, 0.25) is 0 Å². The second kappa shape index (κ2) is 8.53. The van der Waals surface area contributed by atoms with Gasteiger partial charge in [-0.1, -0.05) is 6.07 Å². The second-order valence-corrected chi connectivity index (χ2v) is 7.24. The maximum Gasteiger partial charge on any atom is 0.141 e. The van der Waals surface area contributed by atoms with Gasteiger partial charge in [-0.2, -0.15) is 5.10 Å². The summed E-state index contributed by atoms with van der Waals surface area (Å²) in [6, 6.07) is 12.1. The molecule has 4 aromatic heterocycles. The molecule has 0 amide bonds. The van der Waals surface area contributed by atoms with Crippen molar-refractivity contribution in [1.29, 1.82) is 0 Å². The number of aromatic nitrogens is 6. The highest BCUT2D eigenvalue weighted by atomic mass is 35.5. The Hall–Kier alpha value is -3.78. The van der Waals surface area contributed by atoms with Gasteiger partial charge in [0.25, 0.3) is 0 Å². The van der Waals surface area contributed by atoms with E-state index < -0.39 is 0 Å². The summed E-state index contributed by atoms with van der Waals surface area (Å²) in [5.41, 5.74) is 3.91. The van der Waals surface area contributed by atoms with Crippen LogP contribution in [0.4, 0.5) is 17.3 Å². The van der Waals surface area contributed by atoms with Crippen molar-refractivity contribution in [3.8, 4) is 0 Å². The number of nitrogens with one attached hydrogen (secondary N) is 1. The Morgan fingerprint density at radius 2 is 1.90 bits per heavy atom. The summed E-state index contributed by atoms with van der Waals surface area (Å²) in [6.07, 6.45) is 8.83. The summed E-state index contributed by atoms with van der Waals surface area (Å²) in [5.74, 6) is 1.60. The predicted octanol–water partition coefficient (Wildman–Crippen LogP) is 4.05. The lowest BCUT2D eigenvalue weighted by Crippen LogP contribution is -2.10. The molecule has 5 aromatic rings. The van der Waals surface area contributed by atoms with Crippen LogP contribution in [0.2, 0.25) is 0 Å². The van der Waals surface area contributed by atoms with Crippen molar-refractivity contribution in [2.24, 2.45) is 0 Å². The number of halogens is 1. The Balaban J connectivity index is 0.00000231. The van der Waals surface area contributed by atoms with Gasteiger partial charge in [-0.15, -0.1) is 12.4 Å². The molecule has 0 saturated heterocycles. The Kier molecular flexibility index (Phi) is 5.64. The lowest BCUT2D eigenvalue weighted by atomic mass is 10.2. The molecule has 0 aliphatic carbocycles. The van der Waals surface area contributed by atoms with Gasteiger partial charge in [0.15, 0.2) is 0 Å². The quantitative estimate of drug-likeness (QED) is 0.448. The first-order valence-corrected chi connectivity index (χ1v) is 9.57. The number of fused-ring (bicyclic) bond motifs is 2. The van der Waals surface area contributed by atoms with E-state index in [0.29, 0.717) is 6.54 Å². The highest BCUT2D eigenvalue weighted by molar-refractivity contribution is 5.93. The van der Waals surface area contributed by atoms with Gasteiger partial charge in [-0.25, -0.2) is 15.0 Å². The molecular formula is C22H21ClN8. The summed E-state index contributed by atoms with van der Waals surface area (Å²) in [6.45, 7) is 0.682. The molecule has 156 valence electrons. The SMILES string of the molecule is CN(C)c1cc2c(Nc3ccc4c(cnn4Cc4cccnc4)c3)ncnc2cn1.Cl. The minimum absolute atomic E-state index is 0. The van der Waals surface area contributed by atoms with Crippen LogP contribution in [0, 0.1) is 0 Å². The molecule has 0 bridgehead atoms. The van der Waals surface area contributed by atoms with Gasteiger partial charge >= 0.3 is 0 Å². The smallest absolute Gasteiger partial charge is 0.141 e. The van der Waals surface area contributed by atoms with Crippen molar-refractivity contribution in [3.63, 3.8) is 0 Å². The van der Waals surface area contributed by atoms with Gasteiger partial charge in [-0.3, -0.25) is 9.67 Å². The molecule has 5 rings (SSSR count). The van der Waals surface area contributed by atoms with E-state index in [0.717, 1.165) is 44.7 Å². The first-order chi connectivity index (χ1) is 14.7. The summed E-state index contributed by atoms with van der Waals surface area (Å²) in [5, 5.41) is 9.93. The van der Waals surface area contributed by atoms with Crippen LogP contribution < -0.4 is 10.2 Å². The number of pyridine rings is 2. The zero-order valence-corrected chi connectivity index (χ0v) is 17.9. The molecule has 1 aromatic carbocycles. The molecule has 0 spiro atoms. The average Bonchev–Trinajstić information content (AvgIpc) is 3.16. The van der Waals surface area contributed by atoms with Crippen molar-refractivity contribution in [3.05, 3.63) is 73.1 Å². The standard InChI is InChI=1S/C22H20N8.ClH/c1-29(2)21-9-18-19(12-24-21)25-14-26-22(18)28-17-5-6-20-16(8-17)11-27-30(20)13-15-4-3-7-23-10-15;/h3-12,14H,13H2,1-2H3,(H,25,26,28);1H. The van der Waals surface area contributed by atoms with E-state index in [-0.39, 0.29) is 12.4 Å². The van der Waals surface area contributed by atoms with E-state index in [1.54, 1.807) is 18.7 Å². The van der Waals surface area contributed by atoms with Crippen molar-refractivity contribution in [1.82, 2.24) is 29.7 Å². The molecule has 1 N–H and O–H groups in total. The third kappa shape index (κ3) is 4.10. The topological polar surface area (TPSA) is 84.7 Å². The fourth-order valence-electron chi connectivity index (χ4n) is 3.38. The zero-order chi connectivity index (χ0) is 20.5. The third-order valence-corrected chi connectivity index (χ3v) is 4.93. The Bertz CT molecular complexity index is 1330. The van der Waals surface area contributed by atoms with Crippen LogP contribution >= 0.6 is 12.4 Å². The van der Waals surface area contributed by atoms with E-state index in [1.165, 1.54) is 0 Å². The number of hydrogen-bond donors (Lipinski definition) is 1. The average molecular weight is 433 g/mol. The van der Waals surface area contributed by atoms with Gasteiger partial charge in [0, 0.05) is 42.9 Å². The molecule has 8 nitrogen and oxygen atoms in total. The Morgan fingerprint density at radius 3 is 2.71 bits per heavy atom. The van der Waals surface area contributed by atoms with Crippen LogP contribution in [0.15, 0.2) is 67.5 Å². The number of hydrogen-bond acceptors (Lipinski definition) is 7. The molecule has 9 heteroatoms. The molecule has 0 aliphatic heterocycles. The molecule has 4 heterocycles. The van der Waals surface area contributed by atoms with Crippen molar-refractivity contribution >= 4 is 51.5 Å². The third-order valence-electron chi connectivity index (χ3n) is 4.93. The molecule has 0 aliphatic rings. The minimum Gasteiger partial charge on any atom is -0.363 e. The maximum atomic E-state index is 4.54. The van der Waals surface area contributed by atoms with Gasteiger partial charge in [-0.05, 0) is 35.9 Å². The molecule has 0 atom stereocenters. The normalized spacial score (nSPS) is 10.8. The molecule has 0 fully saturated rings. The fourth-order valence-corrected chi connectivity index (χ4v) is 3.38. The van der Waals surface area contributed by atoms with Crippen LogP contribution in [-0.2, 0) is 6.54 Å². The van der Waals surface area contributed by atoms with E-state index >= 15 is 0 Å². The number of rotatable bonds is 5. The summed E-state index contributed by atoms with van der Waals surface area (Å²) < 4.78 is 1.98. The summed E-state index contributed by atoms with van der Waals surface area (Å²) in [7, 11) is 3.92. The minimum atomic E-state index is 0. The van der Waals surface area contributed by atoms with Crippen LogP contribution in [0.25, 0.3) is 21.8 Å². The summed E-state index contributed by atoms with van der Waals surface area (Å²) >= 11 is 0. The number of anilines is 3. The van der Waals surface area contributed by atoms with Crippen LogP contribution in [0.5, 0.6) is 0 Å². The molecule has 0 radical (unpaired) electrons. The zero-order valence-electron chi connectivity index (χ0n) is 17.1. The highest BCUT2D eigenvalue weighted by Crippen LogP contribution is 2.27. The highest BCUT2D eigenvalue weighted by Gasteiger charge is 2.09. The lowest BCUT2D eigenvalue weighted by molar-refractivity contribution is 0.710. The largest absolute Gasteiger partial charge is 0.363 e. The number of benzene rings is 1.